The van der Waals surface area contributed by atoms with E-state index in [2.05, 4.69) is 0 Å². The highest BCUT2D eigenvalue weighted by Gasteiger charge is 2.40. The lowest BCUT2D eigenvalue weighted by atomic mass is 9.83. The van der Waals surface area contributed by atoms with Crippen molar-refractivity contribution in [3.8, 4) is 0 Å². The van der Waals surface area contributed by atoms with Gasteiger partial charge in [-0.2, -0.15) is 0 Å². The van der Waals surface area contributed by atoms with Gasteiger partial charge in [0.25, 0.3) is 0 Å². The molecule has 1 heterocycles. The molecule has 1 aliphatic rings. The maximum Gasteiger partial charge on any atom is 0.227 e. The third-order valence-electron chi connectivity index (χ3n) is 4.63. The number of carbonyl (C=O) groups is 2. The zero-order valence-electron chi connectivity index (χ0n) is 14.0. The van der Waals surface area contributed by atoms with Gasteiger partial charge in [-0.15, -0.1) is 0 Å². The monoisotopic (exact) mass is 302 g/mol. The summed E-state index contributed by atoms with van der Waals surface area (Å²) in [5.41, 5.74) is 2.24. The first-order valence-electron chi connectivity index (χ1n) is 8.10. The molecule has 1 aromatic rings. The second kappa shape index (κ2) is 6.95. The van der Waals surface area contributed by atoms with Crippen molar-refractivity contribution < 1.29 is 9.59 Å². The number of carbonyl (C=O) groups excluding carboxylic acids is 2. The van der Waals surface area contributed by atoms with Crippen molar-refractivity contribution in [2.24, 2.45) is 5.92 Å². The highest BCUT2D eigenvalue weighted by atomic mass is 16.2. The molecule has 0 bridgehead atoms. The minimum Gasteiger partial charge on any atom is -0.346 e. The average molecular weight is 302 g/mol. The van der Waals surface area contributed by atoms with Gasteiger partial charge in [0, 0.05) is 26.6 Å². The van der Waals surface area contributed by atoms with Gasteiger partial charge in [-0.1, -0.05) is 29.8 Å². The summed E-state index contributed by atoms with van der Waals surface area (Å²) in [5, 5.41) is 0. The summed E-state index contributed by atoms with van der Waals surface area (Å²) >= 11 is 0. The lowest BCUT2D eigenvalue weighted by molar-refractivity contribution is -0.147. The predicted molar refractivity (Wildman–Crippen MR) is 87.3 cm³/mol. The molecule has 4 nitrogen and oxygen atoms in total. The Morgan fingerprint density at radius 2 is 1.91 bits per heavy atom. The Morgan fingerprint density at radius 1 is 1.27 bits per heavy atom. The van der Waals surface area contributed by atoms with E-state index in [0.717, 1.165) is 5.56 Å². The lowest BCUT2D eigenvalue weighted by Gasteiger charge is -2.41. The molecule has 0 spiro atoms. The highest BCUT2D eigenvalue weighted by Crippen LogP contribution is 2.37. The van der Waals surface area contributed by atoms with Gasteiger partial charge >= 0.3 is 0 Å². The minimum absolute atomic E-state index is 0.138. The van der Waals surface area contributed by atoms with Crippen molar-refractivity contribution in [3.05, 3.63) is 35.4 Å². The topological polar surface area (TPSA) is 40.6 Å². The fraction of sp³-hybridized carbons (Fsp3) is 0.556. The third kappa shape index (κ3) is 3.16. The summed E-state index contributed by atoms with van der Waals surface area (Å²) in [6, 6.07) is 8.05. The first-order chi connectivity index (χ1) is 10.5. The number of rotatable bonds is 4. The summed E-state index contributed by atoms with van der Waals surface area (Å²) in [4.78, 5) is 28.6. The molecule has 120 valence electrons. The SMILES string of the molecule is CCN(C)C(=O)[C@@H]1CCC(=O)N(CC)[C@H]1c1ccc(C)cc1. The van der Waals surface area contributed by atoms with Crippen LogP contribution in [-0.4, -0.2) is 41.8 Å². The van der Waals surface area contributed by atoms with E-state index in [0.29, 0.717) is 25.9 Å². The molecule has 0 unspecified atom stereocenters. The van der Waals surface area contributed by atoms with Crippen LogP contribution >= 0.6 is 0 Å². The summed E-state index contributed by atoms with van der Waals surface area (Å²) < 4.78 is 0. The Bertz CT molecular complexity index is 539. The van der Waals surface area contributed by atoms with Gasteiger partial charge in [0.15, 0.2) is 0 Å². The van der Waals surface area contributed by atoms with Crippen molar-refractivity contribution >= 4 is 11.8 Å². The molecule has 22 heavy (non-hydrogen) atoms. The van der Waals surface area contributed by atoms with Crippen molar-refractivity contribution in [1.29, 1.82) is 0 Å². The normalized spacial score (nSPS) is 21.8. The molecule has 2 atom stereocenters. The zero-order chi connectivity index (χ0) is 16.3. The van der Waals surface area contributed by atoms with E-state index in [1.807, 2.05) is 57.0 Å². The second-order valence-electron chi connectivity index (χ2n) is 6.03. The molecule has 0 aliphatic carbocycles. The maximum atomic E-state index is 12.7. The quantitative estimate of drug-likeness (QED) is 0.858. The number of hydrogen-bond donors (Lipinski definition) is 0. The summed E-state index contributed by atoms with van der Waals surface area (Å²) in [6.45, 7) is 7.33. The van der Waals surface area contributed by atoms with Crippen LogP contribution in [0.1, 0.15) is 43.9 Å². The molecular formula is C18H26N2O2. The van der Waals surface area contributed by atoms with Gasteiger partial charge in [-0.25, -0.2) is 0 Å². The molecule has 1 saturated heterocycles. The van der Waals surface area contributed by atoms with Crippen LogP contribution in [0.3, 0.4) is 0 Å². The van der Waals surface area contributed by atoms with Gasteiger partial charge in [0.2, 0.25) is 11.8 Å². The molecule has 0 saturated carbocycles. The van der Waals surface area contributed by atoms with Gasteiger partial charge in [-0.3, -0.25) is 9.59 Å². The summed E-state index contributed by atoms with van der Waals surface area (Å²) in [5.74, 6) is 0.139. The summed E-state index contributed by atoms with van der Waals surface area (Å²) in [7, 11) is 1.83. The van der Waals surface area contributed by atoms with E-state index in [1.54, 1.807) is 4.90 Å². The van der Waals surface area contributed by atoms with Crippen LogP contribution in [0.4, 0.5) is 0 Å². The first-order valence-corrected chi connectivity index (χ1v) is 8.10. The smallest absolute Gasteiger partial charge is 0.227 e. The highest BCUT2D eigenvalue weighted by molar-refractivity contribution is 5.85. The Morgan fingerprint density at radius 3 is 2.45 bits per heavy atom. The standard InChI is InChI=1S/C18H26N2O2/c1-5-19(4)18(22)15-11-12-16(21)20(6-2)17(15)14-9-7-13(3)8-10-14/h7-10,15,17H,5-6,11-12H2,1-4H3/t15-,17+/m1/s1. The van der Waals surface area contributed by atoms with E-state index in [4.69, 9.17) is 0 Å². The van der Waals surface area contributed by atoms with E-state index in [9.17, 15) is 9.59 Å². The van der Waals surface area contributed by atoms with Gasteiger partial charge < -0.3 is 9.80 Å². The molecule has 4 heteroatoms. The average Bonchev–Trinajstić information content (AvgIpc) is 2.54. The van der Waals surface area contributed by atoms with E-state index >= 15 is 0 Å². The second-order valence-corrected chi connectivity index (χ2v) is 6.03. The van der Waals surface area contributed by atoms with Crippen LogP contribution in [0.5, 0.6) is 0 Å². The Balaban J connectivity index is 2.40. The number of benzene rings is 1. The molecule has 2 rings (SSSR count). The van der Waals surface area contributed by atoms with Crippen LogP contribution in [0, 0.1) is 12.8 Å². The lowest BCUT2D eigenvalue weighted by Crippen LogP contribution is -2.48. The largest absolute Gasteiger partial charge is 0.346 e. The van der Waals surface area contributed by atoms with E-state index in [1.165, 1.54) is 5.56 Å². The van der Waals surface area contributed by atoms with Gasteiger partial charge in [-0.05, 0) is 32.8 Å². The minimum atomic E-state index is -0.148. The van der Waals surface area contributed by atoms with Crippen LogP contribution in [0.2, 0.25) is 0 Å². The molecule has 0 radical (unpaired) electrons. The number of aryl methyl sites for hydroxylation is 1. The molecule has 1 fully saturated rings. The number of nitrogens with zero attached hydrogens (tertiary/aromatic N) is 2. The van der Waals surface area contributed by atoms with Crippen LogP contribution < -0.4 is 0 Å². The Hall–Kier alpha value is -1.84. The molecular weight excluding hydrogens is 276 g/mol. The molecule has 1 aliphatic heterocycles. The first kappa shape index (κ1) is 16.5. The van der Waals surface area contributed by atoms with Crippen LogP contribution in [-0.2, 0) is 9.59 Å². The Kier molecular flexibility index (Phi) is 5.22. The molecule has 2 amide bonds. The fourth-order valence-electron chi connectivity index (χ4n) is 3.20. The zero-order valence-corrected chi connectivity index (χ0v) is 14.0. The number of likely N-dealkylation sites (tertiary alicyclic amines) is 1. The molecule has 0 N–H and O–H groups in total. The third-order valence-corrected chi connectivity index (χ3v) is 4.63. The summed E-state index contributed by atoms with van der Waals surface area (Å²) in [6.07, 6.45) is 1.10. The van der Waals surface area contributed by atoms with Crippen LogP contribution in [0.25, 0.3) is 0 Å². The number of hydrogen-bond acceptors (Lipinski definition) is 2. The van der Waals surface area contributed by atoms with Crippen LogP contribution in [0.15, 0.2) is 24.3 Å². The van der Waals surface area contributed by atoms with Crippen molar-refractivity contribution in [3.63, 3.8) is 0 Å². The molecule has 0 aromatic heterocycles. The van der Waals surface area contributed by atoms with Gasteiger partial charge in [0.05, 0.1) is 12.0 Å². The van der Waals surface area contributed by atoms with E-state index in [-0.39, 0.29) is 23.8 Å². The van der Waals surface area contributed by atoms with Crippen molar-refractivity contribution in [1.82, 2.24) is 9.80 Å². The fourth-order valence-corrected chi connectivity index (χ4v) is 3.20. The maximum absolute atomic E-state index is 12.7. The van der Waals surface area contributed by atoms with E-state index < -0.39 is 0 Å². The van der Waals surface area contributed by atoms with Crippen molar-refractivity contribution in [2.75, 3.05) is 20.1 Å². The number of piperidine rings is 1. The number of amides is 2. The van der Waals surface area contributed by atoms with Crippen molar-refractivity contribution in [2.45, 2.75) is 39.7 Å². The molecule has 1 aromatic carbocycles. The predicted octanol–water partition coefficient (Wildman–Crippen LogP) is 2.77. The Labute approximate surface area is 133 Å². The van der Waals surface area contributed by atoms with Gasteiger partial charge in [0.1, 0.15) is 0 Å².